The molecule has 0 bridgehead atoms. The third-order valence-electron chi connectivity index (χ3n) is 5.36. The quantitative estimate of drug-likeness (QED) is 0.590. The maximum Gasteiger partial charge on any atom is 0.416 e. The van der Waals surface area contributed by atoms with Gasteiger partial charge in [-0.05, 0) is 36.4 Å². The molecule has 0 radical (unpaired) electrons. The molecule has 0 unspecified atom stereocenters. The summed E-state index contributed by atoms with van der Waals surface area (Å²) in [5, 5.41) is 6.97. The molecule has 1 saturated heterocycles. The van der Waals surface area contributed by atoms with E-state index in [9.17, 15) is 22.8 Å². The molecule has 3 aromatic rings. The molecule has 12 heteroatoms. The number of nitrogens with zero attached hydrogens (tertiary/aromatic N) is 5. The van der Waals surface area contributed by atoms with Crippen molar-refractivity contribution in [2.75, 3.05) is 38.0 Å². The van der Waals surface area contributed by atoms with Crippen molar-refractivity contribution >= 4 is 29.1 Å². The summed E-state index contributed by atoms with van der Waals surface area (Å²) >= 11 is 5.96. The third kappa shape index (κ3) is 5.54. The minimum Gasteiger partial charge on any atom is -0.336 e. The summed E-state index contributed by atoms with van der Waals surface area (Å²) in [7, 11) is 0. The molecule has 0 spiro atoms. The second-order valence-corrected chi connectivity index (χ2v) is 8.13. The van der Waals surface area contributed by atoms with E-state index in [4.69, 9.17) is 11.6 Å². The number of hydrogen-bond donors (Lipinski definition) is 1. The Morgan fingerprint density at radius 2 is 1.82 bits per heavy atom. The van der Waals surface area contributed by atoms with Crippen molar-refractivity contribution in [2.24, 2.45) is 0 Å². The highest BCUT2D eigenvalue weighted by molar-refractivity contribution is 6.30. The van der Waals surface area contributed by atoms with Gasteiger partial charge in [-0.3, -0.25) is 14.5 Å². The van der Waals surface area contributed by atoms with Gasteiger partial charge in [0.15, 0.2) is 0 Å². The lowest BCUT2D eigenvalue weighted by Gasteiger charge is -2.34. The Balaban J connectivity index is 1.39. The number of nitrogens with one attached hydrogen (secondary N) is 1. The zero-order valence-electron chi connectivity index (χ0n) is 17.8. The van der Waals surface area contributed by atoms with Crippen LogP contribution in [0.5, 0.6) is 0 Å². The Morgan fingerprint density at radius 1 is 1.06 bits per heavy atom. The molecule has 1 aromatic heterocycles. The fourth-order valence-corrected chi connectivity index (χ4v) is 3.84. The molecule has 0 saturated carbocycles. The fraction of sp³-hybridized carbons (Fsp3) is 0.273. The van der Waals surface area contributed by atoms with E-state index in [-0.39, 0.29) is 23.8 Å². The van der Waals surface area contributed by atoms with Crippen LogP contribution in [0, 0.1) is 0 Å². The molecule has 2 aromatic carbocycles. The lowest BCUT2D eigenvalue weighted by atomic mass is 10.1. The van der Waals surface area contributed by atoms with Gasteiger partial charge in [-0.1, -0.05) is 17.7 Å². The average Bonchev–Trinajstić information content (AvgIpc) is 3.33. The number of piperazine rings is 1. The van der Waals surface area contributed by atoms with Gasteiger partial charge >= 0.3 is 6.18 Å². The van der Waals surface area contributed by atoms with Crippen molar-refractivity contribution in [3.63, 3.8) is 0 Å². The lowest BCUT2D eigenvalue weighted by molar-refractivity contribution is -0.137. The summed E-state index contributed by atoms with van der Waals surface area (Å²) in [5.41, 5.74) is -0.167. The van der Waals surface area contributed by atoms with Crippen molar-refractivity contribution in [3.8, 4) is 5.69 Å². The van der Waals surface area contributed by atoms with Crippen molar-refractivity contribution < 1.29 is 22.8 Å². The molecule has 8 nitrogen and oxygen atoms in total. The number of hydrogen-bond acceptors (Lipinski definition) is 5. The van der Waals surface area contributed by atoms with Gasteiger partial charge in [0.05, 0.1) is 23.5 Å². The Morgan fingerprint density at radius 3 is 2.47 bits per heavy atom. The summed E-state index contributed by atoms with van der Waals surface area (Å²) in [6.07, 6.45) is -1.99. The van der Waals surface area contributed by atoms with Crippen molar-refractivity contribution in [1.82, 2.24) is 24.6 Å². The second kappa shape index (κ2) is 9.82. The molecule has 1 fully saturated rings. The molecule has 4 rings (SSSR count). The van der Waals surface area contributed by atoms with E-state index in [1.807, 2.05) is 4.90 Å². The van der Waals surface area contributed by atoms with Gasteiger partial charge in [0.25, 0.3) is 5.91 Å². The molecule has 1 aliphatic heterocycles. The number of carbonyl (C=O) groups excluding carboxylic acids is 2. The Bertz CT molecular complexity index is 1180. The lowest BCUT2D eigenvalue weighted by Crippen LogP contribution is -2.50. The standard InChI is InChI=1S/C22H20ClF3N6O2/c23-17-3-1-2-15(10-17)21(34)31-8-6-30(7-9-31)12-20(33)29-18-11-16(22(24,25)26)4-5-19(18)32-14-27-13-28-32/h1-5,10-11,13-14H,6-9,12H2,(H,29,33). The summed E-state index contributed by atoms with van der Waals surface area (Å²) in [4.78, 5) is 32.6. The van der Waals surface area contributed by atoms with Crippen molar-refractivity contribution in [3.05, 3.63) is 71.3 Å². The van der Waals surface area contributed by atoms with E-state index in [2.05, 4.69) is 15.4 Å². The van der Waals surface area contributed by atoms with Crippen LogP contribution in [-0.2, 0) is 11.0 Å². The SMILES string of the molecule is O=C(CN1CCN(C(=O)c2cccc(Cl)c2)CC1)Nc1cc(C(F)(F)F)ccc1-n1cncn1. The van der Waals surface area contributed by atoms with Gasteiger partial charge in [0, 0.05) is 36.8 Å². The highest BCUT2D eigenvalue weighted by Crippen LogP contribution is 2.33. The van der Waals surface area contributed by atoms with Crippen LogP contribution in [0.3, 0.4) is 0 Å². The number of amides is 2. The summed E-state index contributed by atoms with van der Waals surface area (Å²) in [6.45, 7) is 1.67. The van der Waals surface area contributed by atoms with E-state index in [0.29, 0.717) is 36.8 Å². The highest BCUT2D eigenvalue weighted by atomic mass is 35.5. The first-order chi connectivity index (χ1) is 16.2. The molecule has 178 valence electrons. The number of benzene rings is 2. The van der Waals surface area contributed by atoms with Gasteiger partial charge in [-0.15, -0.1) is 0 Å². The number of halogens is 4. The molecule has 34 heavy (non-hydrogen) atoms. The van der Waals surface area contributed by atoms with Gasteiger partial charge < -0.3 is 10.2 Å². The monoisotopic (exact) mass is 492 g/mol. The van der Waals surface area contributed by atoms with Gasteiger partial charge in [-0.2, -0.15) is 18.3 Å². The molecular weight excluding hydrogens is 473 g/mol. The smallest absolute Gasteiger partial charge is 0.336 e. The Labute approximate surface area is 197 Å². The normalized spacial score (nSPS) is 14.8. The molecule has 0 atom stereocenters. The number of aromatic nitrogens is 3. The molecular formula is C22H20ClF3N6O2. The predicted octanol–water partition coefficient (Wildman–Crippen LogP) is 3.34. The first-order valence-electron chi connectivity index (χ1n) is 10.3. The Hall–Kier alpha value is -3.44. The number of rotatable bonds is 5. The minimum atomic E-state index is -4.56. The van der Waals surface area contributed by atoms with Crippen molar-refractivity contribution in [1.29, 1.82) is 0 Å². The minimum absolute atomic E-state index is 0.0277. The van der Waals surface area contributed by atoms with Crippen LogP contribution >= 0.6 is 11.6 Å². The Kier molecular flexibility index (Phi) is 6.85. The zero-order valence-corrected chi connectivity index (χ0v) is 18.6. The van der Waals surface area contributed by atoms with Crippen LogP contribution in [0.2, 0.25) is 5.02 Å². The number of anilines is 1. The van der Waals surface area contributed by atoms with Gasteiger partial charge in [-0.25, -0.2) is 9.67 Å². The van der Waals surface area contributed by atoms with Crippen LogP contribution in [0.25, 0.3) is 5.69 Å². The van der Waals surface area contributed by atoms with Crippen LogP contribution in [-0.4, -0.2) is 69.1 Å². The first kappa shape index (κ1) is 23.7. The summed E-state index contributed by atoms with van der Waals surface area (Å²) in [6, 6.07) is 9.71. The maximum atomic E-state index is 13.2. The van der Waals surface area contributed by atoms with Crippen LogP contribution in [0.15, 0.2) is 55.1 Å². The maximum absolute atomic E-state index is 13.2. The number of alkyl halides is 3. The molecule has 2 amide bonds. The van der Waals surface area contributed by atoms with Crippen molar-refractivity contribution in [2.45, 2.75) is 6.18 Å². The van der Waals surface area contributed by atoms with E-state index in [1.165, 1.54) is 23.4 Å². The van der Waals surface area contributed by atoms with Crippen LogP contribution in [0.1, 0.15) is 15.9 Å². The van der Waals surface area contributed by atoms with E-state index < -0.39 is 17.6 Å². The molecule has 0 aliphatic carbocycles. The predicted molar refractivity (Wildman–Crippen MR) is 119 cm³/mol. The molecule has 1 N–H and O–H groups in total. The summed E-state index contributed by atoms with van der Waals surface area (Å²) in [5.74, 6) is -0.622. The van der Waals surface area contributed by atoms with Crippen LogP contribution < -0.4 is 5.32 Å². The van der Waals surface area contributed by atoms with Gasteiger partial charge in [0.2, 0.25) is 5.91 Å². The average molecular weight is 493 g/mol. The topological polar surface area (TPSA) is 83.4 Å². The van der Waals surface area contributed by atoms with Crippen LogP contribution in [0.4, 0.5) is 18.9 Å². The largest absolute Gasteiger partial charge is 0.416 e. The molecule has 2 heterocycles. The van der Waals surface area contributed by atoms with Gasteiger partial charge in [0.1, 0.15) is 12.7 Å². The van der Waals surface area contributed by atoms with E-state index in [0.717, 1.165) is 12.1 Å². The molecule has 1 aliphatic rings. The number of carbonyl (C=O) groups is 2. The zero-order chi connectivity index (χ0) is 24.3. The second-order valence-electron chi connectivity index (χ2n) is 7.70. The highest BCUT2D eigenvalue weighted by Gasteiger charge is 2.31. The first-order valence-corrected chi connectivity index (χ1v) is 10.7. The third-order valence-corrected chi connectivity index (χ3v) is 5.60. The summed E-state index contributed by atoms with van der Waals surface area (Å²) < 4.78 is 40.9. The van der Waals surface area contributed by atoms with E-state index in [1.54, 1.807) is 29.2 Å². The van der Waals surface area contributed by atoms with E-state index >= 15 is 0 Å². The fourth-order valence-electron chi connectivity index (χ4n) is 3.65.